The van der Waals surface area contributed by atoms with Gasteiger partial charge in [-0.1, -0.05) is 38.1 Å². The Kier molecular flexibility index (Phi) is 7.98. The van der Waals surface area contributed by atoms with Gasteiger partial charge in [0.25, 0.3) is 0 Å². The van der Waals surface area contributed by atoms with Crippen LogP contribution in [0.2, 0.25) is 0 Å². The number of aryl methyl sites for hydroxylation is 1. The quantitative estimate of drug-likeness (QED) is 0.401. The molecule has 0 saturated heterocycles. The van der Waals surface area contributed by atoms with Crippen LogP contribution < -0.4 is 4.74 Å². The van der Waals surface area contributed by atoms with Crippen LogP contribution in [0, 0.1) is 18.7 Å². The number of nitrogens with zero attached hydrogens (tertiary/aromatic N) is 3. The summed E-state index contributed by atoms with van der Waals surface area (Å²) in [6.07, 6.45) is 1.63. The lowest BCUT2D eigenvalue weighted by atomic mass is 10.2. The van der Waals surface area contributed by atoms with Gasteiger partial charge in [-0.2, -0.15) is 5.10 Å². The van der Waals surface area contributed by atoms with Gasteiger partial charge in [-0.05, 0) is 49.9 Å². The summed E-state index contributed by atoms with van der Waals surface area (Å²) in [4.78, 5) is 2.28. The fraction of sp³-hybridized carbons (Fsp3) is 0.444. The van der Waals surface area contributed by atoms with Crippen LogP contribution in [-0.4, -0.2) is 51.7 Å². The molecule has 0 radical (unpaired) electrons. The van der Waals surface area contributed by atoms with E-state index in [2.05, 4.69) is 18.7 Å². The number of aromatic nitrogens is 2. The number of para-hydroxylation sites is 1. The molecular formula is C27H34FN3O3. The molecule has 1 aromatic heterocycles. The maximum absolute atomic E-state index is 13.9. The predicted molar refractivity (Wildman–Crippen MR) is 130 cm³/mol. The van der Waals surface area contributed by atoms with Crippen molar-refractivity contribution in [2.75, 3.05) is 19.8 Å². The normalized spacial score (nSPS) is 14.7. The second kappa shape index (κ2) is 11.1. The number of hydrogen-bond acceptors (Lipinski definition) is 5. The smallest absolute Gasteiger partial charge is 0.227 e. The fourth-order valence-electron chi connectivity index (χ4n) is 3.96. The second-order valence-electron chi connectivity index (χ2n) is 9.42. The minimum atomic E-state index is -0.573. The van der Waals surface area contributed by atoms with Crippen LogP contribution in [0.4, 0.5) is 4.39 Å². The van der Waals surface area contributed by atoms with Gasteiger partial charge >= 0.3 is 0 Å². The fourth-order valence-corrected chi connectivity index (χ4v) is 3.96. The van der Waals surface area contributed by atoms with E-state index in [1.807, 2.05) is 37.3 Å². The summed E-state index contributed by atoms with van der Waals surface area (Å²) in [5, 5.41) is 15.4. The summed E-state index contributed by atoms with van der Waals surface area (Å²) < 4.78 is 27.5. The van der Waals surface area contributed by atoms with Crippen molar-refractivity contribution in [3.8, 4) is 17.3 Å². The van der Waals surface area contributed by atoms with Crippen molar-refractivity contribution < 1.29 is 19.0 Å². The zero-order chi connectivity index (χ0) is 24.1. The molecule has 1 aliphatic carbocycles. The molecule has 1 fully saturated rings. The molecular weight excluding hydrogens is 433 g/mol. The van der Waals surface area contributed by atoms with E-state index in [-0.39, 0.29) is 5.82 Å². The number of benzene rings is 2. The number of rotatable bonds is 12. The maximum atomic E-state index is 13.9. The lowest BCUT2D eigenvalue weighted by Gasteiger charge is -2.25. The van der Waals surface area contributed by atoms with Crippen molar-refractivity contribution in [3.05, 3.63) is 71.7 Å². The number of aliphatic hydroxyl groups is 1. The van der Waals surface area contributed by atoms with Gasteiger partial charge in [-0.3, -0.25) is 4.90 Å². The molecule has 2 aromatic carbocycles. The van der Waals surface area contributed by atoms with Gasteiger partial charge in [-0.25, -0.2) is 9.07 Å². The molecule has 0 unspecified atom stereocenters. The summed E-state index contributed by atoms with van der Waals surface area (Å²) in [5.74, 6) is 1.05. The van der Waals surface area contributed by atoms with Gasteiger partial charge in [0, 0.05) is 31.8 Å². The molecule has 7 heteroatoms. The Hall–Kier alpha value is -2.74. The number of halogens is 1. The maximum Gasteiger partial charge on any atom is 0.227 e. The van der Waals surface area contributed by atoms with E-state index >= 15 is 0 Å². The molecule has 0 amide bonds. The Balaban J connectivity index is 1.60. The largest absolute Gasteiger partial charge is 0.438 e. The summed E-state index contributed by atoms with van der Waals surface area (Å²) in [6, 6.07) is 16.3. The van der Waals surface area contributed by atoms with Crippen LogP contribution >= 0.6 is 0 Å². The van der Waals surface area contributed by atoms with Crippen LogP contribution in [0.25, 0.3) is 5.69 Å². The number of ether oxygens (including phenoxy) is 2. The van der Waals surface area contributed by atoms with E-state index in [9.17, 15) is 9.50 Å². The lowest BCUT2D eigenvalue weighted by molar-refractivity contribution is 0.00536. The minimum absolute atomic E-state index is 0.316. The van der Waals surface area contributed by atoms with Crippen molar-refractivity contribution >= 4 is 0 Å². The Bertz CT molecular complexity index is 1070. The van der Waals surface area contributed by atoms with Crippen molar-refractivity contribution in [1.29, 1.82) is 0 Å². The van der Waals surface area contributed by atoms with Gasteiger partial charge < -0.3 is 14.6 Å². The molecule has 1 aliphatic rings. The Morgan fingerprint density at radius 3 is 2.56 bits per heavy atom. The predicted octanol–water partition coefficient (Wildman–Crippen LogP) is 5.11. The Morgan fingerprint density at radius 2 is 1.88 bits per heavy atom. The third kappa shape index (κ3) is 6.44. The van der Waals surface area contributed by atoms with E-state index in [1.54, 1.807) is 16.8 Å². The molecule has 0 bridgehead atoms. The van der Waals surface area contributed by atoms with Crippen LogP contribution in [-0.2, 0) is 11.3 Å². The first-order chi connectivity index (χ1) is 16.4. The van der Waals surface area contributed by atoms with Gasteiger partial charge in [-0.15, -0.1) is 0 Å². The van der Waals surface area contributed by atoms with Gasteiger partial charge in [0.15, 0.2) is 0 Å². The highest BCUT2D eigenvalue weighted by atomic mass is 19.1. The van der Waals surface area contributed by atoms with Crippen molar-refractivity contribution in [3.63, 3.8) is 0 Å². The van der Waals surface area contributed by atoms with Gasteiger partial charge in [0.1, 0.15) is 11.6 Å². The summed E-state index contributed by atoms with van der Waals surface area (Å²) in [5.41, 5.74) is 2.63. The first kappa shape index (κ1) is 24.4. The van der Waals surface area contributed by atoms with Crippen LogP contribution in [0.5, 0.6) is 11.6 Å². The molecule has 1 N–H and O–H groups in total. The molecule has 34 heavy (non-hydrogen) atoms. The molecule has 1 saturated carbocycles. The highest BCUT2D eigenvalue weighted by molar-refractivity contribution is 5.43. The topological polar surface area (TPSA) is 59.8 Å². The summed E-state index contributed by atoms with van der Waals surface area (Å²) >= 11 is 0. The zero-order valence-corrected chi connectivity index (χ0v) is 20.2. The third-order valence-corrected chi connectivity index (χ3v) is 5.78. The van der Waals surface area contributed by atoms with Crippen molar-refractivity contribution in [2.45, 2.75) is 52.3 Å². The monoisotopic (exact) mass is 467 g/mol. The standard InChI is InChI=1S/C27H34FN3O3/c1-19(2)17-33-18-24(32)15-30(22-12-13-22)16-26-20(3)29-31(23-9-5-4-6-10-23)27(26)34-25-11-7-8-21(28)14-25/h4-11,14,19,22,24,32H,12-13,15-18H2,1-3H3/t24-/m0/s1. The summed E-state index contributed by atoms with van der Waals surface area (Å²) in [7, 11) is 0. The second-order valence-corrected chi connectivity index (χ2v) is 9.42. The van der Waals surface area contributed by atoms with Crippen LogP contribution in [0.3, 0.4) is 0 Å². The molecule has 182 valence electrons. The van der Waals surface area contributed by atoms with Crippen LogP contribution in [0.15, 0.2) is 54.6 Å². The van der Waals surface area contributed by atoms with Crippen LogP contribution in [0.1, 0.15) is 37.9 Å². The van der Waals surface area contributed by atoms with E-state index in [1.165, 1.54) is 12.1 Å². The Morgan fingerprint density at radius 1 is 1.12 bits per heavy atom. The average Bonchev–Trinajstić information content (AvgIpc) is 3.60. The highest BCUT2D eigenvalue weighted by Crippen LogP contribution is 2.35. The molecule has 3 aromatic rings. The van der Waals surface area contributed by atoms with E-state index in [0.717, 1.165) is 29.8 Å². The minimum Gasteiger partial charge on any atom is -0.438 e. The van der Waals surface area contributed by atoms with E-state index < -0.39 is 6.10 Å². The molecule has 0 spiro atoms. The summed E-state index contributed by atoms with van der Waals surface area (Å²) in [6.45, 7) is 8.19. The number of aliphatic hydroxyl groups excluding tert-OH is 1. The van der Waals surface area contributed by atoms with Crippen molar-refractivity contribution in [2.24, 2.45) is 5.92 Å². The van der Waals surface area contributed by atoms with E-state index in [0.29, 0.717) is 49.9 Å². The highest BCUT2D eigenvalue weighted by Gasteiger charge is 2.32. The SMILES string of the molecule is Cc1nn(-c2ccccc2)c(Oc2cccc(F)c2)c1CN(C[C@H](O)COCC(C)C)C1CC1. The van der Waals surface area contributed by atoms with Crippen molar-refractivity contribution in [1.82, 2.24) is 14.7 Å². The molecule has 0 aliphatic heterocycles. The van der Waals surface area contributed by atoms with Gasteiger partial charge in [0.05, 0.1) is 29.7 Å². The molecule has 6 nitrogen and oxygen atoms in total. The van der Waals surface area contributed by atoms with E-state index in [4.69, 9.17) is 14.6 Å². The lowest BCUT2D eigenvalue weighted by Crippen LogP contribution is -2.36. The molecule has 1 atom stereocenters. The Labute approximate surface area is 200 Å². The first-order valence-electron chi connectivity index (χ1n) is 12.0. The average molecular weight is 468 g/mol. The first-order valence-corrected chi connectivity index (χ1v) is 12.0. The molecule has 1 heterocycles. The zero-order valence-electron chi connectivity index (χ0n) is 20.2. The third-order valence-electron chi connectivity index (χ3n) is 5.78. The molecule has 4 rings (SSSR count). The number of hydrogen-bond donors (Lipinski definition) is 1. The van der Waals surface area contributed by atoms with Gasteiger partial charge in [0.2, 0.25) is 5.88 Å².